The van der Waals surface area contributed by atoms with E-state index in [4.69, 9.17) is 4.74 Å². The number of carbonyl (C=O) groups excluding carboxylic acids is 1. The summed E-state index contributed by atoms with van der Waals surface area (Å²) in [6.07, 6.45) is 2.43. The summed E-state index contributed by atoms with van der Waals surface area (Å²) in [5, 5.41) is 3.32. The van der Waals surface area contributed by atoms with Crippen LogP contribution >= 0.6 is 0 Å². The number of hydrogen-bond acceptors (Lipinski definition) is 4. The lowest BCUT2D eigenvalue weighted by molar-refractivity contribution is -0.151. The fraction of sp³-hybridized carbons (Fsp3) is 0.941. The molecule has 1 aliphatic heterocycles. The van der Waals surface area contributed by atoms with E-state index in [2.05, 4.69) is 31.0 Å². The van der Waals surface area contributed by atoms with Crippen molar-refractivity contribution in [1.82, 2.24) is 10.2 Å². The van der Waals surface area contributed by atoms with Gasteiger partial charge < -0.3 is 15.0 Å². The number of piperidine rings is 1. The maximum Gasteiger partial charge on any atom is 0.327 e. The molecule has 0 aromatic carbocycles. The van der Waals surface area contributed by atoms with Crippen molar-refractivity contribution in [2.24, 2.45) is 11.3 Å². The minimum Gasteiger partial charge on any atom is -0.465 e. The van der Waals surface area contributed by atoms with E-state index in [1.165, 1.54) is 12.8 Å². The molecule has 1 N–H and O–H groups in total. The van der Waals surface area contributed by atoms with Gasteiger partial charge in [0.2, 0.25) is 0 Å². The van der Waals surface area contributed by atoms with Gasteiger partial charge in [-0.15, -0.1) is 0 Å². The molecule has 124 valence electrons. The number of rotatable bonds is 6. The van der Waals surface area contributed by atoms with Gasteiger partial charge in [-0.25, -0.2) is 0 Å². The SMILES string of the molecule is CCNC(C)(CN1CCC(C(C)(C)C)CC1)C(=O)OCC. The zero-order valence-electron chi connectivity index (χ0n) is 14.8. The first-order chi connectivity index (χ1) is 9.73. The zero-order chi connectivity index (χ0) is 16.1. The molecular formula is C17H34N2O2. The molecule has 1 unspecified atom stereocenters. The van der Waals surface area contributed by atoms with Crippen LogP contribution in [-0.4, -0.2) is 49.2 Å². The number of likely N-dealkylation sites (N-methyl/N-ethyl adjacent to an activating group) is 1. The number of likely N-dealkylation sites (tertiary alicyclic amines) is 1. The van der Waals surface area contributed by atoms with Crippen molar-refractivity contribution in [3.05, 3.63) is 0 Å². The summed E-state index contributed by atoms with van der Waals surface area (Å²) in [4.78, 5) is 14.6. The lowest BCUT2D eigenvalue weighted by Crippen LogP contribution is -2.58. The molecule has 0 bridgehead atoms. The summed E-state index contributed by atoms with van der Waals surface area (Å²) in [7, 11) is 0. The second kappa shape index (κ2) is 7.59. The Bertz CT molecular complexity index is 330. The van der Waals surface area contributed by atoms with E-state index in [9.17, 15) is 4.79 Å². The van der Waals surface area contributed by atoms with Crippen molar-refractivity contribution in [3.8, 4) is 0 Å². The predicted octanol–water partition coefficient (Wildman–Crippen LogP) is 2.68. The molecule has 0 saturated carbocycles. The number of nitrogens with zero attached hydrogens (tertiary/aromatic N) is 1. The number of hydrogen-bond donors (Lipinski definition) is 1. The maximum atomic E-state index is 12.2. The molecule has 0 aromatic heterocycles. The quantitative estimate of drug-likeness (QED) is 0.766. The number of ether oxygens (including phenoxy) is 1. The zero-order valence-corrected chi connectivity index (χ0v) is 14.8. The summed E-state index contributed by atoms with van der Waals surface area (Å²) >= 11 is 0. The second-order valence-electron chi connectivity index (χ2n) is 7.50. The third kappa shape index (κ3) is 5.26. The first-order valence-corrected chi connectivity index (χ1v) is 8.37. The van der Waals surface area contributed by atoms with Crippen LogP contribution in [0.5, 0.6) is 0 Å². The molecule has 1 rings (SSSR count). The summed E-state index contributed by atoms with van der Waals surface area (Å²) in [6.45, 7) is 16.9. The fourth-order valence-electron chi connectivity index (χ4n) is 3.28. The molecule has 1 atom stereocenters. The molecule has 0 radical (unpaired) electrons. The number of esters is 1. The average molecular weight is 298 g/mol. The third-order valence-electron chi connectivity index (χ3n) is 4.65. The van der Waals surface area contributed by atoms with Gasteiger partial charge in [0.25, 0.3) is 0 Å². The average Bonchev–Trinajstić information content (AvgIpc) is 2.38. The van der Waals surface area contributed by atoms with Gasteiger partial charge in [-0.2, -0.15) is 0 Å². The highest BCUT2D eigenvalue weighted by molar-refractivity contribution is 5.80. The molecule has 0 aliphatic carbocycles. The Labute approximate surface area is 130 Å². The van der Waals surface area contributed by atoms with E-state index in [0.29, 0.717) is 12.0 Å². The van der Waals surface area contributed by atoms with Crippen molar-refractivity contribution in [1.29, 1.82) is 0 Å². The van der Waals surface area contributed by atoms with Crippen molar-refractivity contribution < 1.29 is 9.53 Å². The Morgan fingerprint density at radius 1 is 1.19 bits per heavy atom. The molecule has 0 spiro atoms. The fourth-order valence-corrected chi connectivity index (χ4v) is 3.28. The van der Waals surface area contributed by atoms with Crippen molar-refractivity contribution in [2.45, 2.75) is 59.9 Å². The van der Waals surface area contributed by atoms with Gasteiger partial charge >= 0.3 is 5.97 Å². The van der Waals surface area contributed by atoms with Gasteiger partial charge in [-0.3, -0.25) is 4.79 Å². The summed E-state index contributed by atoms with van der Waals surface area (Å²) in [5.74, 6) is 0.645. The van der Waals surface area contributed by atoms with Gasteiger partial charge in [0.15, 0.2) is 0 Å². The smallest absolute Gasteiger partial charge is 0.327 e. The van der Waals surface area contributed by atoms with E-state index in [1.807, 2.05) is 20.8 Å². The minimum atomic E-state index is -0.598. The van der Waals surface area contributed by atoms with E-state index < -0.39 is 5.54 Å². The highest BCUT2D eigenvalue weighted by atomic mass is 16.5. The molecular weight excluding hydrogens is 264 g/mol. The van der Waals surface area contributed by atoms with E-state index in [0.717, 1.165) is 32.1 Å². The molecule has 21 heavy (non-hydrogen) atoms. The number of carbonyl (C=O) groups is 1. The van der Waals surface area contributed by atoms with Crippen LogP contribution in [0.15, 0.2) is 0 Å². The normalized spacial score (nSPS) is 21.0. The highest BCUT2D eigenvalue weighted by Gasteiger charge is 2.37. The van der Waals surface area contributed by atoms with Gasteiger partial charge in [0.05, 0.1) is 6.61 Å². The second-order valence-corrected chi connectivity index (χ2v) is 7.50. The Hall–Kier alpha value is -0.610. The maximum absolute atomic E-state index is 12.2. The molecule has 1 fully saturated rings. The Morgan fingerprint density at radius 3 is 2.19 bits per heavy atom. The molecule has 0 aromatic rings. The Kier molecular flexibility index (Phi) is 6.67. The Morgan fingerprint density at radius 2 is 1.76 bits per heavy atom. The first-order valence-electron chi connectivity index (χ1n) is 8.37. The van der Waals surface area contributed by atoms with Crippen LogP contribution in [0, 0.1) is 11.3 Å². The molecule has 1 heterocycles. The molecule has 4 nitrogen and oxygen atoms in total. The lowest BCUT2D eigenvalue weighted by Gasteiger charge is -2.41. The summed E-state index contributed by atoms with van der Waals surface area (Å²) in [6, 6.07) is 0. The molecule has 4 heteroatoms. The van der Waals surface area contributed by atoms with Gasteiger partial charge in [0.1, 0.15) is 5.54 Å². The largest absolute Gasteiger partial charge is 0.465 e. The topological polar surface area (TPSA) is 41.6 Å². The monoisotopic (exact) mass is 298 g/mol. The van der Waals surface area contributed by atoms with Crippen molar-refractivity contribution >= 4 is 5.97 Å². The van der Waals surface area contributed by atoms with Crippen LogP contribution in [-0.2, 0) is 9.53 Å². The number of nitrogens with one attached hydrogen (secondary N) is 1. The van der Waals surface area contributed by atoms with Gasteiger partial charge in [-0.05, 0) is 57.7 Å². The minimum absolute atomic E-state index is 0.134. The standard InChI is InChI=1S/C17H34N2O2/c1-7-18-17(6,15(20)21-8-2)13-19-11-9-14(10-12-19)16(3,4)5/h14,18H,7-13H2,1-6H3. The van der Waals surface area contributed by atoms with Crippen molar-refractivity contribution in [2.75, 3.05) is 32.8 Å². The van der Waals surface area contributed by atoms with E-state index in [1.54, 1.807) is 0 Å². The van der Waals surface area contributed by atoms with Crippen LogP contribution in [0.25, 0.3) is 0 Å². The summed E-state index contributed by atoms with van der Waals surface area (Å²) in [5.41, 5.74) is -0.211. The van der Waals surface area contributed by atoms with Crippen LogP contribution < -0.4 is 5.32 Å². The van der Waals surface area contributed by atoms with E-state index in [-0.39, 0.29) is 5.97 Å². The van der Waals surface area contributed by atoms with Gasteiger partial charge in [-0.1, -0.05) is 27.7 Å². The van der Waals surface area contributed by atoms with Crippen LogP contribution in [0.1, 0.15) is 54.4 Å². The van der Waals surface area contributed by atoms with Crippen molar-refractivity contribution in [3.63, 3.8) is 0 Å². The lowest BCUT2D eigenvalue weighted by atomic mass is 9.75. The molecule has 1 aliphatic rings. The predicted molar refractivity (Wildman–Crippen MR) is 87.3 cm³/mol. The molecule has 0 amide bonds. The Balaban J connectivity index is 2.60. The van der Waals surface area contributed by atoms with E-state index >= 15 is 0 Å². The molecule has 1 saturated heterocycles. The van der Waals surface area contributed by atoms with Crippen LogP contribution in [0.2, 0.25) is 0 Å². The highest BCUT2D eigenvalue weighted by Crippen LogP contribution is 2.34. The first kappa shape index (κ1) is 18.4. The van der Waals surface area contributed by atoms with Crippen LogP contribution in [0.3, 0.4) is 0 Å². The van der Waals surface area contributed by atoms with Gasteiger partial charge in [0, 0.05) is 6.54 Å². The van der Waals surface area contributed by atoms with Crippen LogP contribution in [0.4, 0.5) is 0 Å². The third-order valence-corrected chi connectivity index (χ3v) is 4.65. The summed E-state index contributed by atoms with van der Waals surface area (Å²) < 4.78 is 5.25.